The normalized spacial score (nSPS) is 11.6. The van der Waals surface area contributed by atoms with Crippen molar-refractivity contribution in [3.05, 3.63) is 0 Å². The molecule has 0 fully saturated rings. The first kappa shape index (κ1) is 31.9. The van der Waals surface area contributed by atoms with Crippen LogP contribution in [-0.4, -0.2) is 49.3 Å². The van der Waals surface area contributed by atoms with E-state index in [1.807, 2.05) is 0 Å². The Balaban J connectivity index is 5.38. The fraction of sp³-hybridized carbons (Fsp3) is 0.846. The first-order valence-corrected chi connectivity index (χ1v) is 12.6. The fourth-order valence-corrected chi connectivity index (χ4v) is 3.31. The van der Waals surface area contributed by atoms with Gasteiger partial charge in [0.15, 0.2) is 0 Å². The maximum atomic E-state index is 13.0. The van der Waals surface area contributed by atoms with Gasteiger partial charge in [0.2, 0.25) is 5.60 Å². The van der Waals surface area contributed by atoms with Gasteiger partial charge in [0.05, 0.1) is 32.7 Å². The Labute approximate surface area is 205 Å². The van der Waals surface area contributed by atoms with Crippen molar-refractivity contribution in [3.63, 3.8) is 0 Å². The zero-order valence-corrected chi connectivity index (χ0v) is 22.3. The third kappa shape index (κ3) is 15.7. The molecule has 0 saturated carbocycles. The van der Waals surface area contributed by atoms with E-state index in [2.05, 4.69) is 41.5 Å². The fourth-order valence-electron chi connectivity index (χ4n) is 3.31. The highest BCUT2D eigenvalue weighted by atomic mass is 16.6. The summed E-state index contributed by atoms with van der Waals surface area (Å²) in [5.41, 5.74) is -2.12. The molecule has 0 heterocycles. The van der Waals surface area contributed by atoms with E-state index in [4.69, 9.17) is 18.9 Å². The van der Waals surface area contributed by atoms with Crippen LogP contribution < -0.4 is 0 Å². The molecule has 34 heavy (non-hydrogen) atoms. The molecular formula is C26H46O8. The zero-order valence-electron chi connectivity index (χ0n) is 22.3. The lowest BCUT2D eigenvalue weighted by Crippen LogP contribution is -2.48. The minimum Gasteiger partial charge on any atom is -0.466 e. The van der Waals surface area contributed by atoms with Gasteiger partial charge in [-0.05, 0) is 56.3 Å². The van der Waals surface area contributed by atoms with E-state index in [-0.39, 0.29) is 19.8 Å². The number of carbonyl (C=O) groups excluding carboxylic acids is 4. The molecule has 0 rings (SSSR count). The molecule has 0 spiro atoms. The standard InChI is InChI=1S/C26H46O8/c1-19(2)11-8-14-31-23(28)17-26(34-22(7)27,25(30)33-16-10-13-21(5)6)18-24(29)32-15-9-12-20(3)4/h19-21H,8-18H2,1-7H3. The van der Waals surface area contributed by atoms with E-state index in [1.54, 1.807) is 0 Å². The molecule has 8 nitrogen and oxygen atoms in total. The summed E-state index contributed by atoms with van der Waals surface area (Å²) in [4.78, 5) is 50.0. The third-order valence-corrected chi connectivity index (χ3v) is 5.11. The van der Waals surface area contributed by atoms with Crippen LogP contribution in [0.2, 0.25) is 0 Å². The van der Waals surface area contributed by atoms with Crippen LogP contribution in [-0.2, 0) is 38.1 Å². The second-order valence-electron chi connectivity index (χ2n) is 10.1. The van der Waals surface area contributed by atoms with Crippen LogP contribution >= 0.6 is 0 Å². The minimum absolute atomic E-state index is 0.0902. The Morgan fingerprint density at radius 2 is 0.971 bits per heavy atom. The van der Waals surface area contributed by atoms with E-state index in [0.29, 0.717) is 37.0 Å². The zero-order chi connectivity index (χ0) is 26.1. The maximum Gasteiger partial charge on any atom is 0.351 e. The van der Waals surface area contributed by atoms with Crippen molar-refractivity contribution in [2.75, 3.05) is 19.8 Å². The average Bonchev–Trinajstić information content (AvgIpc) is 2.70. The van der Waals surface area contributed by atoms with E-state index >= 15 is 0 Å². The molecule has 0 radical (unpaired) electrons. The predicted octanol–water partition coefficient (Wildman–Crippen LogP) is 5.01. The molecule has 198 valence electrons. The minimum atomic E-state index is -2.12. The molecule has 0 aliphatic carbocycles. The van der Waals surface area contributed by atoms with Gasteiger partial charge in [0, 0.05) is 6.92 Å². The van der Waals surface area contributed by atoms with Gasteiger partial charge < -0.3 is 18.9 Å². The summed E-state index contributed by atoms with van der Waals surface area (Å²) in [6.45, 7) is 13.9. The van der Waals surface area contributed by atoms with E-state index in [0.717, 1.165) is 26.2 Å². The van der Waals surface area contributed by atoms with Gasteiger partial charge >= 0.3 is 23.9 Å². The number of ether oxygens (including phenoxy) is 4. The van der Waals surface area contributed by atoms with E-state index in [9.17, 15) is 19.2 Å². The Morgan fingerprint density at radius 3 is 1.29 bits per heavy atom. The number of hydrogen-bond acceptors (Lipinski definition) is 8. The van der Waals surface area contributed by atoms with Crippen LogP contribution in [0, 0.1) is 17.8 Å². The van der Waals surface area contributed by atoms with Crippen LogP contribution in [0.1, 0.15) is 99.8 Å². The van der Waals surface area contributed by atoms with Gasteiger partial charge in [-0.2, -0.15) is 0 Å². The molecule has 0 amide bonds. The number of rotatable bonds is 18. The molecule has 0 aliphatic heterocycles. The smallest absolute Gasteiger partial charge is 0.351 e. The van der Waals surface area contributed by atoms with Crippen LogP contribution in [0.15, 0.2) is 0 Å². The molecule has 0 N–H and O–H groups in total. The maximum absolute atomic E-state index is 13.0. The lowest BCUT2D eigenvalue weighted by Gasteiger charge is -2.29. The van der Waals surface area contributed by atoms with Gasteiger partial charge in [-0.3, -0.25) is 14.4 Å². The molecule has 0 atom stereocenters. The predicted molar refractivity (Wildman–Crippen MR) is 129 cm³/mol. The van der Waals surface area contributed by atoms with E-state index < -0.39 is 42.3 Å². The number of esters is 4. The molecular weight excluding hydrogens is 440 g/mol. The van der Waals surface area contributed by atoms with Crippen molar-refractivity contribution < 1.29 is 38.1 Å². The molecule has 8 heteroatoms. The van der Waals surface area contributed by atoms with Crippen molar-refractivity contribution in [2.24, 2.45) is 17.8 Å². The second-order valence-corrected chi connectivity index (χ2v) is 10.1. The molecule has 0 saturated heterocycles. The van der Waals surface area contributed by atoms with Crippen LogP contribution in [0.4, 0.5) is 0 Å². The summed E-state index contributed by atoms with van der Waals surface area (Å²) in [7, 11) is 0. The van der Waals surface area contributed by atoms with Gasteiger partial charge in [0.25, 0.3) is 0 Å². The highest BCUT2D eigenvalue weighted by Gasteiger charge is 2.48. The van der Waals surface area contributed by atoms with Crippen LogP contribution in [0.25, 0.3) is 0 Å². The molecule has 0 aromatic rings. The highest BCUT2D eigenvalue weighted by molar-refractivity contribution is 5.92. The summed E-state index contributed by atoms with van der Waals surface area (Å²) >= 11 is 0. The average molecular weight is 487 g/mol. The van der Waals surface area contributed by atoms with Gasteiger partial charge in [-0.1, -0.05) is 41.5 Å². The first-order chi connectivity index (χ1) is 15.9. The molecule has 0 bridgehead atoms. The number of carbonyl (C=O) groups is 4. The number of hydrogen-bond donors (Lipinski definition) is 0. The summed E-state index contributed by atoms with van der Waals surface area (Å²) in [6, 6.07) is 0. The summed E-state index contributed by atoms with van der Waals surface area (Å²) < 4.78 is 21.1. The molecule has 0 aliphatic rings. The SMILES string of the molecule is CC(=O)OC(CC(=O)OCCCC(C)C)(CC(=O)OCCCC(C)C)C(=O)OCCCC(C)C. The van der Waals surface area contributed by atoms with Crippen molar-refractivity contribution in [3.8, 4) is 0 Å². The molecule has 0 aromatic carbocycles. The van der Waals surface area contributed by atoms with Crippen molar-refractivity contribution >= 4 is 23.9 Å². The Bertz CT molecular complexity index is 594. The van der Waals surface area contributed by atoms with Gasteiger partial charge in [-0.15, -0.1) is 0 Å². The Morgan fingerprint density at radius 1 is 0.618 bits per heavy atom. The van der Waals surface area contributed by atoms with Crippen LogP contribution in [0.3, 0.4) is 0 Å². The lowest BCUT2D eigenvalue weighted by molar-refractivity contribution is -0.190. The molecule has 0 unspecified atom stereocenters. The Hall–Kier alpha value is -2.12. The summed E-state index contributed by atoms with van der Waals surface area (Å²) in [5, 5.41) is 0. The first-order valence-electron chi connectivity index (χ1n) is 12.6. The van der Waals surface area contributed by atoms with Crippen LogP contribution in [0.5, 0.6) is 0 Å². The highest BCUT2D eigenvalue weighted by Crippen LogP contribution is 2.26. The topological polar surface area (TPSA) is 105 Å². The summed E-state index contributed by atoms with van der Waals surface area (Å²) in [5.74, 6) is -1.87. The van der Waals surface area contributed by atoms with Crippen molar-refractivity contribution in [1.29, 1.82) is 0 Å². The summed E-state index contributed by atoms with van der Waals surface area (Å²) in [6.07, 6.45) is 3.31. The largest absolute Gasteiger partial charge is 0.466 e. The van der Waals surface area contributed by atoms with Gasteiger partial charge in [0.1, 0.15) is 0 Å². The molecule has 0 aromatic heterocycles. The van der Waals surface area contributed by atoms with E-state index in [1.165, 1.54) is 0 Å². The van der Waals surface area contributed by atoms with Gasteiger partial charge in [-0.25, -0.2) is 4.79 Å². The second kappa shape index (κ2) is 17.3. The Kier molecular flexibility index (Phi) is 16.3. The lowest BCUT2D eigenvalue weighted by atomic mass is 9.94. The van der Waals surface area contributed by atoms with Crippen molar-refractivity contribution in [1.82, 2.24) is 0 Å². The third-order valence-electron chi connectivity index (χ3n) is 5.11. The monoisotopic (exact) mass is 486 g/mol. The van der Waals surface area contributed by atoms with Crippen molar-refractivity contribution in [2.45, 2.75) is 105 Å². The quantitative estimate of drug-likeness (QED) is 0.151.